The van der Waals surface area contributed by atoms with Gasteiger partial charge in [0.05, 0.1) is 17.5 Å². The van der Waals surface area contributed by atoms with Crippen LogP contribution in [0.3, 0.4) is 0 Å². The number of hydrogen-bond donors (Lipinski definition) is 3. The van der Waals surface area contributed by atoms with E-state index in [9.17, 15) is 27.6 Å². The van der Waals surface area contributed by atoms with E-state index in [0.29, 0.717) is 5.69 Å². The zero-order valence-corrected chi connectivity index (χ0v) is 18.5. The number of carbonyl (C=O) groups is 3. The molecule has 10 heteroatoms. The van der Waals surface area contributed by atoms with Crippen molar-refractivity contribution >= 4 is 34.8 Å². The summed E-state index contributed by atoms with van der Waals surface area (Å²) in [5.74, 6) is -1.87. The summed E-state index contributed by atoms with van der Waals surface area (Å²) in [7, 11) is 0. The molecule has 34 heavy (non-hydrogen) atoms. The predicted octanol–water partition coefficient (Wildman–Crippen LogP) is 5.79. The minimum Gasteiger partial charge on any atom is -0.459 e. The number of hydrogen-bond acceptors (Lipinski definition) is 4. The number of amides is 3. The fraction of sp³-hybridized carbons (Fsp3) is 0.208. The molecule has 0 bridgehead atoms. The Labute approximate surface area is 193 Å². The maximum absolute atomic E-state index is 13.7. The quantitative estimate of drug-likeness (QED) is 0.437. The smallest absolute Gasteiger partial charge is 0.418 e. The highest BCUT2D eigenvalue weighted by Crippen LogP contribution is 2.37. The molecule has 7 nitrogen and oxygen atoms in total. The summed E-state index contributed by atoms with van der Waals surface area (Å²) in [5.41, 5.74) is -2.05. The van der Waals surface area contributed by atoms with E-state index in [1.807, 2.05) is 0 Å². The molecule has 0 aliphatic heterocycles. The van der Waals surface area contributed by atoms with Gasteiger partial charge in [-0.05, 0) is 48.5 Å². The van der Waals surface area contributed by atoms with Crippen LogP contribution in [0.2, 0.25) is 0 Å². The normalized spacial score (nSPS) is 11.6. The van der Waals surface area contributed by atoms with Crippen molar-refractivity contribution in [2.24, 2.45) is 5.41 Å². The topological polar surface area (TPSA) is 100 Å². The number of rotatable bonds is 5. The first-order chi connectivity index (χ1) is 15.8. The van der Waals surface area contributed by atoms with Gasteiger partial charge in [0.25, 0.3) is 11.8 Å². The van der Waals surface area contributed by atoms with Crippen molar-refractivity contribution in [2.45, 2.75) is 26.9 Å². The van der Waals surface area contributed by atoms with Crippen LogP contribution < -0.4 is 16.0 Å². The van der Waals surface area contributed by atoms with Crippen LogP contribution in [0.25, 0.3) is 0 Å². The molecule has 0 aliphatic rings. The van der Waals surface area contributed by atoms with Crippen LogP contribution in [0.1, 0.15) is 47.2 Å². The van der Waals surface area contributed by atoms with Gasteiger partial charge in [-0.2, -0.15) is 13.2 Å². The first-order valence-electron chi connectivity index (χ1n) is 10.1. The summed E-state index contributed by atoms with van der Waals surface area (Å²) in [6, 6.07) is 11.7. The predicted molar refractivity (Wildman–Crippen MR) is 121 cm³/mol. The van der Waals surface area contributed by atoms with Gasteiger partial charge in [0.1, 0.15) is 0 Å². The third-order valence-corrected chi connectivity index (χ3v) is 4.64. The first-order valence-corrected chi connectivity index (χ1v) is 10.1. The van der Waals surface area contributed by atoms with E-state index in [1.54, 1.807) is 26.8 Å². The molecular weight excluding hydrogens is 451 g/mol. The highest BCUT2D eigenvalue weighted by Gasteiger charge is 2.34. The van der Waals surface area contributed by atoms with Gasteiger partial charge in [-0.3, -0.25) is 14.4 Å². The molecule has 178 valence electrons. The number of halogens is 3. The molecule has 0 atom stereocenters. The summed E-state index contributed by atoms with van der Waals surface area (Å²) in [6.07, 6.45) is -3.55. The molecule has 0 spiro atoms. The van der Waals surface area contributed by atoms with Crippen LogP contribution in [0.15, 0.2) is 65.3 Å². The molecule has 0 radical (unpaired) electrons. The van der Waals surface area contributed by atoms with Crippen LogP contribution in [-0.4, -0.2) is 17.7 Å². The highest BCUT2D eigenvalue weighted by atomic mass is 19.4. The van der Waals surface area contributed by atoms with Gasteiger partial charge in [-0.15, -0.1) is 0 Å². The van der Waals surface area contributed by atoms with E-state index >= 15 is 0 Å². The van der Waals surface area contributed by atoms with Crippen LogP contribution in [0.5, 0.6) is 0 Å². The third-order valence-electron chi connectivity index (χ3n) is 4.64. The Morgan fingerprint density at radius 3 is 2.12 bits per heavy atom. The number of furan rings is 1. The maximum Gasteiger partial charge on any atom is 0.418 e. The summed E-state index contributed by atoms with van der Waals surface area (Å²) < 4.78 is 46.0. The number of benzene rings is 2. The monoisotopic (exact) mass is 473 g/mol. The molecule has 0 saturated heterocycles. The molecule has 3 N–H and O–H groups in total. The molecular formula is C24H22F3N3O4. The Bertz CT molecular complexity index is 1210. The molecule has 0 aliphatic carbocycles. The van der Waals surface area contributed by atoms with Crippen molar-refractivity contribution in [3.8, 4) is 0 Å². The van der Waals surface area contributed by atoms with Crippen molar-refractivity contribution in [3.05, 3.63) is 77.7 Å². The van der Waals surface area contributed by atoms with Crippen molar-refractivity contribution in [1.82, 2.24) is 0 Å². The van der Waals surface area contributed by atoms with Gasteiger partial charge < -0.3 is 20.4 Å². The van der Waals surface area contributed by atoms with Crippen molar-refractivity contribution in [2.75, 3.05) is 16.0 Å². The molecule has 1 heterocycles. The van der Waals surface area contributed by atoms with E-state index in [1.165, 1.54) is 42.7 Å². The molecule has 3 amide bonds. The molecule has 0 saturated carbocycles. The standard InChI is InChI=1S/C24H22F3N3O4/c1-23(2,3)22(33)29-15-7-4-6-14(12-15)20(31)30-18-10-9-16(13-17(18)24(25,26)27)28-21(32)19-8-5-11-34-19/h4-13H,1-3H3,(H,28,32)(H,29,33)(H,30,31). The van der Waals surface area contributed by atoms with Crippen LogP contribution in [-0.2, 0) is 11.0 Å². The average Bonchev–Trinajstić information content (AvgIpc) is 3.28. The molecule has 0 fully saturated rings. The van der Waals surface area contributed by atoms with Crippen LogP contribution in [0, 0.1) is 5.41 Å². The number of carbonyl (C=O) groups excluding carboxylic acids is 3. The van der Waals surface area contributed by atoms with E-state index in [4.69, 9.17) is 4.42 Å². The lowest BCUT2D eigenvalue weighted by Crippen LogP contribution is -2.27. The van der Waals surface area contributed by atoms with E-state index in [0.717, 1.165) is 12.1 Å². The Morgan fingerprint density at radius 2 is 1.50 bits per heavy atom. The lowest BCUT2D eigenvalue weighted by molar-refractivity contribution is -0.136. The first kappa shape index (κ1) is 24.6. The van der Waals surface area contributed by atoms with Gasteiger partial charge >= 0.3 is 6.18 Å². The lowest BCUT2D eigenvalue weighted by atomic mass is 9.95. The van der Waals surface area contributed by atoms with Gasteiger partial charge in [0, 0.05) is 22.4 Å². The Kier molecular flexibility index (Phi) is 6.80. The average molecular weight is 473 g/mol. The van der Waals surface area contributed by atoms with E-state index < -0.39 is 34.7 Å². The van der Waals surface area contributed by atoms with Crippen LogP contribution in [0.4, 0.5) is 30.2 Å². The zero-order chi connectivity index (χ0) is 25.1. The lowest BCUT2D eigenvalue weighted by Gasteiger charge is -2.18. The number of anilines is 3. The SMILES string of the molecule is CC(C)(C)C(=O)Nc1cccc(C(=O)Nc2ccc(NC(=O)c3ccco3)cc2C(F)(F)F)c1. The van der Waals surface area contributed by atoms with Crippen molar-refractivity contribution < 1.29 is 32.0 Å². The van der Waals surface area contributed by atoms with E-state index in [2.05, 4.69) is 16.0 Å². The second-order valence-corrected chi connectivity index (χ2v) is 8.43. The summed E-state index contributed by atoms with van der Waals surface area (Å²) in [5, 5.41) is 7.24. The number of nitrogens with one attached hydrogen (secondary N) is 3. The summed E-state index contributed by atoms with van der Waals surface area (Å²) >= 11 is 0. The summed E-state index contributed by atoms with van der Waals surface area (Å²) in [6.45, 7) is 5.16. The van der Waals surface area contributed by atoms with Gasteiger partial charge in [-0.25, -0.2) is 0 Å². The Morgan fingerprint density at radius 1 is 0.794 bits per heavy atom. The minimum absolute atomic E-state index is 0.0510. The van der Waals surface area contributed by atoms with Gasteiger partial charge in [0.15, 0.2) is 5.76 Å². The summed E-state index contributed by atoms with van der Waals surface area (Å²) in [4.78, 5) is 36.9. The highest BCUT2D eigenvalue weighted by molar-refractivity contribution is 6.06. The molecule has 3 aromatic rings. The fourth-order valence-corrected chi connectivity index (χ4v) is 2.82. The Balaban J connectivity index is 1.82. The van der Waals surface area contributed by atoms with Gasteiger partial charge in [-0.1, -0.05) is 26.8 Å². The van der Waals surface area contributed by atoms with Gasteiger partial charge in [0.2, 0.25) is 5.91 Å². The zero-order valence-electron chi connectivity index (χ0n) is 18.5. The molecule has 3 rings (SSSR count). The second-order valence-electron chi connectivity index (χ2n) is 8.43. The van der Waals surface area contributed by atoms with Crippen molar-refractivity contribution in [1.29, 1.82) is 0 Å². The van der Waals surface area contributed by atoms with Crippen LogP contribution >= 0.6 is 0 Å². The Hall–Kier alpha value is -4.08. The molecule has 2 aromatic carbocycles. The second kappa shape index (κ2) is 9.42. The maximum atomic E-state index is 13.7. The number of alkyl halides is 3. The minimum atomic E-state index is -4.81. The molecule has 0 unspecified atom stereocenters. The molecule has 1 aromatic heterocycles. The third kappa shape index (κ3) is 6.03. The van der Waals surface area contributed by atoms with E-state index in [-0.39, 0.29) is 22.9 Å². The largest absolute Gasteiger partial charge is 0.459 e. The van der Waals surface area contributed by atoms with Crippen molar-refractivity contribution in [3.63, 3.8) is 0 Å². The fourth-order valence-electron chi connectivity index (χ4n) is 2.82.